The number of aliphatic hydroxyl groups excluding tert-OH is 1. The molecule has 0 unspecified atom stereocenters. The molecule has 0 radical (unpaired) electrons. The summed E-state index contributed by atoms with van der Waals surface area (Å²) in [6.45, 7) is -0.0799. The van der Waals surface area contributed by atoms with Gasteiger partial charge in [-0.2, -0.15) is 0 Å². The van der Waals surface area contributed by atoms with Gasteiger partial charge in [-0.05, 0) is 24.5 Å². The number of benzene rings is 1. The molecule has 0 saturated carbocycles. The number of thioether (sulfide) groups is 1. The largest absolute Gasteiger partial charge is 0.384 e. The Morgan fingerprint density at radius 1 is 1.50 bits per heavy atom. The van der Waals surface area contributed by atoms with Crippen molar-refractivity contribution in [1.82, 2.24) is 0 Å². The monoisotopic (exact) mass is 178 g/mol. The van der Waals surface area contributed by atoms with E-state index in [0.717, 1.165) is 5.56 Å². The molecule has 0 fully saturated rings. The molecular weight excluding hydrogens is 168 g/mol. The van der Waals surface area contributed by atoms with Gasteiger partial charge in [-0.1, -0.05) is 17.9 Å². The van der Waals surface area contributed by atoms with Crippen molar-refractivity contribution in [3.63, 3.8) is 0 Å². The maximum Gasteiger partial charge on any atom is 0.104 e. The molecule has 0 aliphatic carbocycles. The molecule has 0 aliphatic rings. The maximum absolute atomic E-state index is 8.48. The number of hydrogen-bond acceptors (Lipinski definition) is 2. The molecule has 0 heterocycles. The molecule has 0 aliphatic heterocycles. The summed E-state index contributed by atoms with van der Waals surface area (Å²) in [5, 5.41) is 8.48. The molecule has 0 spiro atoms. The van der Waals surface area contributed by atoms with Crippen LogP contribution in [0, 0.1) is 11.8 Å². The van der Waals surface area contributed by atoms with E-state index in [1.807, 2.05) is 30.5 Å². The van der Waals surface area contributed by atoms with Crippen molar-refractivity contribution in [2.24, 2.45) is 0 Å². The Balaban J connectivity index is 2.86. The topological polar surface area (TPSA) is 20.2 Å². The van der Waals surface area contributed by atoms with Crippen LogP contribution in [0.3, 0.4) is 0 Å². The average molecular weight is 178 g/mol. The van der Waals surface area contributed by atoms with Gasteiger partial charge in [-0.25, -0.2) is 0 Å². The molecule has 1 rings (SSSR count). The zero-order chi connectivity index (χ0) is 8.81. The fourth-order valence-corrected chi connectivity index (χ4v) is 1.30. The Kier molecular flexibility index (Phi) is 3.72. The first-order valence-corrected chi connectivity index (χ1v) is 4.83. The summed E-state index contributed by atoms with van der Waals surface area (Å²) < 4.78 is 0. The van der Waals surface area contributed by atoms with Gasteiger partial charge in [0, 0.05) is 10.5 Å². The molecule has 0 saturated heterocycles. The second-order valence-corrected chi connectivity index (χ2v) is 3.07. The molecule has 1 aromatic rings. The highest BCUT2D eigenvalue weighted by Gasteiger charge is 1.89. The third-order valence-electron chi connectivity index (χ3n) is 1.38. The van der Waals surface area contributed by atoms with E-state index in [4.69, 9.17) is 5.11 Å². The fraction of sp³-hybridized carbons (Fsp3) is 0.200. The van der Waals surface area contributed by atoms with Crippen molar-refractivity contribution in [3.8, 4) is 11.8 Å². The molecule has 0 amide bonds. The van der Waals surface area contributed by atoms with Crippen LogP contribution in [0.1, 0.15) is 5.56 Å². The van der Waals surface area contributed by atoms with Gasteiger partial charge in [-0.15, -0.1) is 11.8 Å². The smallest absolute Gasteiger partial charge is 0.104 e. The molecule has 0 bridgehead atoms. The van der Waals surface area contributed by atoms with E-state index < -0.39 is 0 Å². The summed E-state index contributed by atoms with van der Waals surface area (Å²) in [5.74, 6) is 5.47. The van der Waals surface area contributed by atoms with Crippen LogP contribution in [0.2, 0.25) is 0 Å². The van der Waals surface area contributed by atoms with Crippen LogP contribution in [0.5, 0.6) is 0 Å². The molecule has 0 aromatic heterocycles. The van der Waals surface area contributed by atoms with Crippen molar-refractivity contribution >= 4 is 11.8 Å². The van der Waals surface area contributed by atoms with E-state index in [-0.39, 0.29) is 6.61 Å². The summed E-state index contributed by atoms with van der Waals surface area (Å²) in [6, 6.07) is 7.94. The van der Waals surface area contributed by atoms with Gasteiger partial charge in [0.15, 0.2) is 0 Å². The second kappa shape index (κ2) is 4.87. The third-order valence-corrected chi connectivity index (χ3v) is 2.11. The van der Waals surface area contributed by atoms with Crippen LogP contribution in [0.4, 0.5) is 0 Å². The molecule has 0 atom stereocenters. The predicted octanol–water partition coefficient (Wildman–Crippen LogP) is 1.75. The van der Waals surface area contributed by atoms with Gasteiger partial charge in [0.1, 0.15) is 6.61 Å². The average Bonchev–Trinajstić information content (AvgIpc) is 2.15. The second-order valence-electron chi connectivity index (χ2n) is 2.19. The zero-order valence-corrected chi connectivity index (χ0v) is 7.69. The van der Waals surface area contributed by atoms with E-state index in [1.54, 1.807) is 11.8 Å². The van der Waals surface area contributed by atoms with Crippen molar-refractivity contribution in [3.05, 3.63) is 29.8 Å². The third kappa shape index (κ3) is 2.61. The number of rotatable bonds is 1. The minimum Gasteiger partial charge on any atom is -0.384 e. The Hall–Kier alpha value is -0.910. The Bertz CT molecular complexity index is 309. The molecule has 62 valence electrons. The standard InChI is InChI=1S/C10H10OS/c1-12-10-6-2-4-9(8-10)5-3-7-11/h2,4,6,8,11H,7H2,1H3. The number of hydrogen-bond donors (Lipinski definition) is 1. The van der Waals surface area contributed by atoms with Gasteiger partial charge in [0.05, 0.1) is 0 Å². The van der Waals surface area contributed by atoms with E-state index >= 15 is 0 Å². The van der Waals surface area contributed by atoms with Crippen molar-refractivity contribution in [2.75, 3.05) is 12.9 Å². The zero-order valence-electron chi connectivity index (χ0n) is 6.87. The minimum atomic E-state index is -0.0799. The van der Waals surface area contributed by atoms with Gasteiger partial charge in [-0.3, -0.25) is 0 Å². The first-order chi connectivity index (χ1) is 5.86. The van der Waals surface area contributed by atoms with Crippen molar-refractivity contribution in [1.29, 1.82) is 0 Å². The van der Waals surface area contributed by atoms with E-state index in [0.29, 0.717) is 0 Å². The van der Waals surface area contributed by atoms with Crippen LogP contribution in [-0.2, 0) is 0 Å². The normalized spacial score (nSPS) is 8.83. The Labute approximate surface area is 76.8 Å². The van der Waals surface area contributed by atoms with Crippen molar-refractivity contribution < 1.29 is 5.11 Å². The molecule has 12 heavy (non-hydrogen) atoms. The van der Waals surface area contributed by atoms with Gasteiger partial charge in [0.2, 0.25) is 0 Å². The van der Waals surface area contributed by atoms with Crippen LogP contribution in [0.15, 0.2) is 29.2 Å². The summed E-state index contributed by atoms with van der Waals surface area (Å²) in [4.78, 5) is 1.19. The predicted molar refractivity (Wildman–Crippen MR) is 52.2 cm³/mol. The van der Waals surface area contributed by atoms with Crippen LogP contribution in [-0.4, -0.2) is 18.0 Å². The molecular formula is C10H10OS. The summed E-state index contributed by atoms with van der Waals surface area (Å²) >= 11 is 1.69. The highest BCUT2D eigenvalue weighted by atomic mass is 32.2. The minimum absolute atomic E-state index is 0.0799. The summed E-state index contributed by atoms with van der Waals surface area (Å²) in [5.41, 5.74) is 0.955. The van der Waals surface area contributed by atoms with Crippen LogP contribution in [0.25, 0.3) is 0 Å². The van der Waals surface area contributed by atoms with Crippen LogP contribution >= 0.6 is 11.8 Å². The van der Waals surface area contributed by atoms with Crippen LogP contribution < -0.4 is 0 Å². The molecule has 1 aromatic carbocycles. The quantitative estimate of drug-likeness (QED) is 0.522. The molecule has 2 heteroatoms. The lowest BCUT2D eigenvalue weighted by molar-refractivity contribution is 0.350. The first kappa shape index (κ1) is 9.18. The van der Waals surface area contributed by atoms with Crippen molar-refractivity contribution in [2.45, 2.75) is 4.90 Å². The highest BCUT2D eigenvalue weighted by molar-refractivity contribution is 7.98. The molecule has 1 nitrogen and oxygen atoms in total. The lowest BCUT2D eigenvalue weighted by Gasteiger charge is -1.94. The summed E-state index contributed by atoms with van der Waals surface area (Å²) in [6.07, 6.45) is 2.03. The van der Waals surface area contributed by atoms with Gasteiger partial charge >= 0.3 is 0 Å². The van der Waals surface area contributed by atoms with E-state index in [9.17, 15) is 0 Å². The van der Waals surface area contributed by atoms with E-state index in [1.165, 1.54) is 4.90 Å². The maximum atomic E-state index is 8.48. The lowest BCUT2D eigenvalue weighted by atomic mass is 10.2. The lowest BCUT2D eigenvalue weighted by Crippen LogP contribution is -1.77. The Morgan fingerprint density at radius 2 is 2.33 bits per heavy atom. The summed E-state index contributed by atoms with van der Waals surface area (Å²) in [7, 11) is 0. The fourth-order valence-electron chi connectivity index (χ4n) is 0.842. The SMILES string of the molecule is CSc1cccc(C#CCO)c1. The highest BCUT2D eigenvalue weighted by Crippen LogP contribution is 2.14. The van der Waals surface area contributed by atoms with Gasteiger partial charge in [0.25, 0.3) is 0 Å². The Morgan fingerprint density at radius 3 is 3.00 bits per heavy atom. The first-order valence-electron chi connectivity index (χ1n) is 3.60. The van der Waals surface area contributed by atoms with Gasteiger partial charge < -0.3 is 5.11 Å². The van der Waals surface area contributed by atoms with E-state index in [2.05, 4.69) is 11.8 Å². The molecule has 1 N–H and O–H groups in total. The number of aliphatic hydroxyl groups is 1.